The van der Waals surface area contributed by atoms with Crippen LogP contribution in [0, 0.1) is 0 Å². The summed E-state index contributed by atoms with van der Waals surface area (Å²) in [4.78, 5) is 5.46. The Bertz CT molecular complexity index is 2060. The molecule has 2 atom stereocenters. The lowest BCUT2D eigenvalue weighted by Crippen LogP contribution is -2.67. The molecule has 1 aliphatic carbocycles. The molecule has 2 unspecified atom stereocenters. The third-order valence-electron chi connectivity index (χ3n) is 10.6. The van der Waals surface area contributed by atoms with Crippen molar-refractivity contribution in [2.75, 3.05) is 9.80 Å². The van der Waals surface area contributed by atoms with E-state index in [1.54, 1.807) is 5.47 Å². The van der Waals surface area contributed by atoms with E-state index in [0.717, 1.165) is 6.42 Å². The summed E-state index contributed by atoms with van der Waals surface area (Å²) in [6, 6.07) is 37.6. The van der Waals surface area contributed by atoms with E-state index in [9.17, 15) is 0 Å². The van der Waals surface area contributed by atoms with E-state index in [-0.39, 0.29) is 12.1 Å². The molecule has 0 saturated carbocycles. The lowest BCUT2D eigenvalue weighted by molar-refractivity contribution is 0.675. The first-order valence-corrected chi connectivity index (χ1v) is 15.8. The fourth-order valence-electron chi connectivity index (χ4n) is 8.71. The molecule has 0 aromatic heterocycles. The van der Waals surface area contributed by atoms with Crippen molar-refractivity contribution < 1.29 is 0 Å². The molecular weight excluding hydrogens is 506 g/mol. The zero-order valence-electron chi connectivity index (χ0n) is 24.6. The second-order valence-corrected chi connectivity index (χ2v) is 12.8. The van der Waals surface area contributed by atoms with Gasteiger partial charge in [0.15, 0.2) is 0 Å². The number of hydrogen-bond acceptors (Lipinski definition) is 2. The highest BCUT2D eigenvalue weighted by molar-refractivity contribution is 6.90. The van der Waals surface area contributed by atoms with E-state index < -0.39 is 0 Å². The van der Waals surface area contributed by atoms with Crippen LogP contribution in [0.4, 0.5) is 22.7 Å². The number of fused-ring (bicyclic) bond motifs is 9. The van der Waals surface area contributed by atoms with Gasteiger partial charge in [0.1, 0.15) is 0 Å². The molecule has 0 fully saturated rings. The number of benzene rings is 5. The van der Waals surface area contributed by atoms with Crippen LogP contribution >= 0.6 is 0 Å². The molecule has 3 aliphatic heterocycles. The van der Waals surface area contributed by atoms with Crippen molar-refractivity contribution >= 4 is 74.9 Å². The van der Waals surface area contributed by atoms with E-state index in [1.807, 2.05) is 0 Å². The van der Waals surface area contributed by atoms with Crippen molar-refractivity contribution in [3.05, 3.63) is 113 Å². The minimum Gasteiger partial charge on any atom is -0.331 e. The summed E-state index contributed by atoms with van der Waals surface area (Å²) < 4.78 is 0. The average Bonchev–Trinajstić information content (AvgIpc) is 3.03. The smallest absolute Gasteiger partial charge is 0.212 e. The Labute approximate surface area is 249 Å². The Hall–Kier alpha value is -4.17. The molecule has 4 aliphatic rings. The lowest BCUT2D eigenvalue weighted by atomic mass is 9.36. The van der Waals surface area contributed by atoms with Gasteiger partial charge in [-0.1, -0.05) is 128 Å². The number of para-hydroxylation sites is 1. The third-order valence-corrected chi connectivity index (χ3v) is 10.6. The van der Waals surface area contributed by atoms with E-state index in [1.165, 1.54) is 78.8 Å². The van der Waals surface area contributed by atoms with Crippen LogP contribution in [0.1, 0.15) is 25.3 Å². The maximum atomic E-state index is 2.74. The van der Waals surface area contributed by atoms with Gasteiger partial charge in [0.05, 0.1) is 23.5 Å². The molecule has 2 nitrogen and oxygen atoms in total. The zero-order chi connectivity index (χ0) is 28.1. The molecule has 3 heterocycles. The van der Waals surface area contributed by atoms with Crippen molar-refractivity contribution in [3.63, 3.8) is 0 Å². The number of anilines is 4. The Balaban J connectivity index is 1.43. The van der Waals surface area contributed by atoms with Crippen molar-refractivity contribution in [3.8, 4) is 0 Å². The van der Waals surface area contributed by atoms with Gasteiger partial charge in [-0.3, -0.25) is 0 Å². The molecule has 202 valence electrons. The predicted octanol–water partition coefficient (Wildman–Crippen LogP) is 5.29. The molecule has 42 heavy (non-hydrogen) atoms. The first kappa shape index (κ1) is 24.4. The summed E-state index contributed by atoms with van der Waals surface area (Å²) >= 11 is 0. The maximum absolute atomic E-state index is 2.74. The number of unbranched alkanes of at least 4 members (excludes halogenated alkanes) is 1. The molecule has 0 amide bonds. The maximum Gasteiger partial charge on any atom is 0.212 e. The van der Waals surface area contributed by atoms with Crippen molar-refractivity contribution in [1.29, 1.82) is 0 Å². The van der Waals surface area contributed by atoms with Gasteiger partial charge in [-0.15, -0.1) is 0 Å². The first-order valence-electron chi connectivity index (χ1n) is 15.8. The standard InChI is InChI=1S/C38H34B2N2/c1-4-5-12-24-19-20-32-30(21-24)40(3)36-28-16-9-7-14-26(28)22-33-38(36)42(32)34-23-25-13-6-8-15-27(25)35-37(34)41(33)31-18-11-10-17-29(31)39(35)2/h6-11,13-23,33,38H,4-5,12H2,1-3H3. The van der Waals surface area contributed by atoms with Gasteiger partial charge in [-0.25, -0.2) is 0 Å². The number of rotatable bonds is 3. The fourth-order valence-corrected chi connectivity index (χ4v) is 8.71. The van der Waals surface area contributed by atoms with Crippen LogP contribution in [0.5, 0.6) is 0 Å². The molecule has 0 N–H and O–H groups in total. The van der Waals surface area contributed by atoms with Crippen LogP contribution in [0.3, 0.4) is 0 Å². The minimum atomic E-state index is 0.200. The molecule has 0 spiro atoms. The van der Waals surface area contributed by atoms with Crippen LogP contribution in [0.15, 0.2) is 97.1 Å². The van der Waals surface area contributed by atoms with E-state index in [2.05, 4.69) is 134 Å². The van der Waals surface area contributed by atoms with Gasteiger partial charge in [0.25, 0.3) is 0 Å². The summed E-state index contributed by atoms with van der Waals surface area (Å²) in [5, 5.41) is 5.50. The summed E-state index contributed by atoms with van der Waals surface area (Å²) in [7, 11) is 0. The molecule has 0 radical (unpaired) electrons. The van der Waals surface area contributed by atoms with Gasteiger partial charge >= 0.3 is 0 Å². The largest absolute Gasteiger partial charge is 0.331 e. The Morgan fingerprint density at radius 1 is 0.714 bits per heavy atom. The molecule has 9 rings (SSSR count). The lowest BCUT2D eigenvalue weighted by Gasteiger charge is -2.57. The second-order valence-electron chi connectivity index (χ2n) is 12.8. The first-order chi connectivity index (χ1) is 20.7. The normalized spacial score (nSPS) is 19.1. The zero-order valence-corrected chi connectivity index (χ0v) is 24.6. The summed E-state index contributed by atoms with van der Waals surface area (Å²) in [5.74, 6) is 0. The summed E-state index contributed by atoms with van der Waals surface area (Å²) in [5.41, 5.74) is 12.9. The summed E-state index contributed by atoms with van der Waals surface area (Å²) in [6.07, 6.45) is 6.18. The van der Waals surface area contributed by atoms with Crippen molar-refractivity contribution in [1.82, 2.24) is 0 Å². The highest BCUT2D eigenvalue weighted by Gasteiger charge is 2.51. The quantitative estimate of drug-likeness (QED) is 0.287. The molecule has 0 saturated heterocycles. The van der Waals surface area contributed by atoms with Gasteiger partial charge in [0, 0.05) is 11.4 Å². The van der Waals surface area contributed by atoms with E-state index in [0.29, 0.717) is 13.4 Å². The van der Waals surface area contributed by atoms with Crippen LogP contribution in [-0.2, 0) is 6.42 Å². The average molecular weight is 540 g/mol. The van der Waals surface area contributed by atoms with Crippen LogP contribution < -0.4 is 36.6 Å². The number of hydrogen-bond donors (Lipinski definition) is 0. The summed E-state index contributed by atoms with van der Waals surface area (Å²) in [6.45, 7) is 7.82. The topological polar surface area (TPSA) is 6.48 Å². The van der Waals surface area contributed by atoms with Crippen molar-refractivity contribution in [2.45, 2.75) is 51.9 Å². The van der Waals surface area contributed by atoms with Crippen LogP contribution in [-0.4, -0.2) is 25.5 Å². The van der Waals surface area contributed by atoms with Crippen molar-refractivity contribution in [2.24, 2.45) is 0 Å². The van der Waals surface area contributed by atoms with Gasteiger partial charge < -0.3 is 9.80 Å². The van der Waals surface area contributed by atoms with Gasteiger partial charge in [-0.05, 0) is 63.3 Å². The Kier molecular flexibility index (Phi) is 5.19. The van der Waals surface area contributed by atoms with Gasteiger partial charge in [0.2, 0.25) is 13.4 Å². The fraction of sp³-hybridized carbons (Fsp3) is 0.211. The number of aryl methyl sites for hydroxylation is 1. The minimum absolute atomic E-state index is 0.200. The predicted molar refractivity (Wildman–Crippen MR) is 183 cm³/mol. The molecule has 0 bridgehead atoms. The van der Waals surface area contributed by atoms with Gasteiger partial charge in [-0.2, -0.15) is 0 Å². The van der Waals surface area contributed by atoms with Crippen LogP contribution in [0.25, 0.3) is 22.3 Å². The molecular formula is C38H34B2N2. The van der Waals surface area contributed by atoms with E-state index >= 15 is 0 Å². The van der Waals surface area contributed by atoms with E-state index in [4.69, 9.17) is 0 Å². The molecule has 5 aromatic rings. The highest BCUT2D eigenvalue weighted by atomic mass is 15.3. The highest BCUT2D eigenvalue weighted by Crippen LogP contribution is 2.51. The van der Waals surface area contributed by atoms with Crippen LogP contribution in [0.2, 0.25) is 13.6 Å². The third kappa shape index (κ3) is 3.13. The molecule has 4 heteroatoms. The Morgan fingerprint density at radius 3 is 2.40 bits per heavy atom. The monoisotopic (exact) mass is 540 g/mol. The Morgan fingerprint density at radius 2 is 1.50 bits per heavy atom. The molecule has 5 aromatic carbocycles. The SMILES string of the molecule is CCCCc1ccc2c(c1)B(C)C1=c3ccccc3=CC3C1N2c1cc2ccccc2c2c1N3c1ccccc1B2C. The number of nitrogens with zero attached hydrogens (tertiary/aromatic N) is 2. The second kappa shape index (κ2) is 8.91.